The molecular formula is C18H23F2N3O2. The number of halogens is 2. The van der Waals surface area contributed by atoms with E-state index in [-0.39, 0.29) is 30.1 Å². The van der Waals surface area contributed by atoms with E-state index in [2.05, 4.69) is 17.1 Å². The lowest BCUT2D eigenvalue weighted by molar-refractivity contribution is -0.132. The minimum atomic E-state index is -1.08. The Balaban J connectivity index is 1.60. The lowest BCUT2D eigenvalue weighted by atomic mass is 10.1. The Morgan fingerprint density at radius 1 is 1.16 bits per heavy atom. The second kappa shape index (κ2) is 7.47. The van der Waals surface area contributed by atoms with Crippen molar-refractivity contribution in [3.8, 4) is 0 Å². The van der Waals surface area contributed by atoms with E-state index >= 15 is 0 Å². The quantitative estimate of drug-likeness (QED) is 0.900. The number of hydrogen-bond donors (Lipinski definition) is 1. The predicted octanol–water partition coefficient (Wildman–Crippen LogP) is 1.78. The van der Waals surface area contributed by atoms with E-state index in [1.807, 2.05) is 4.90 Å². The van der Waals surface area contributed by atoms with Crippen molar-refractivity contribution >= 4 is 11.8 Å². The molecule has 0 aliphatic carbocycles. The van der Waals surface area contributed by atoms with Gasteiger partial charge in [0, 0.05) is 30.7 Å². The first-order chi connectivity index (χ1) is 12.0. The van der Waals surface area contributed by atoms with E-state index in [1.54, 1.807) is 0 Å². The van der Waals surface area contributed by atoms with Gasteiger partial charge in [-0.2, -0.15) is 0 Å². The van der Waals surface area contributed by atoms with Crippen LogP contribution in [0.2, 0.25) is 0 Å². The third-order valence-corrected chi connectivity index (χ3v) is 5.18. The van der Waals surface area contributed by atoms with Crippen LogP contribution in [0, 0.1) is 11.6 Å². The summed E-state index contributed by atoms with van der Waals surface area (Å²) in [4.78, 5) is 29.0. The lowest BCUT2D eigenvalue weighted by Crippen LogP contribution is -2.47. The highest BCUT2D eigenvalue weighted by molar-refractivity contribution is 5.96. The van der Waals surface area contributed by atoms with E-state index in [4.69, 9.17) is 0 Å². The van der Waals surface area contributed by atoms with E-state index < -0.39 is 17.5 Å². The number of likely N-dealkylation sites (tertiary alicyclic amines) is 1. The molecule has 136 valence electrons. The van der Waals surface area contributed by atoms with Crippen LogP contribution in [0.5, 0.6) is 0 Å². The molecule has 2 bridgehead atoms. The van der Waals surface area contributed by atoms with Gasteiger partial charge in [-0.25, -0.2) is 8.78 Å². The fraction of sp³-hybridized carbons (Fsp3) is 0.556. The normalized spacial score (nSPS) is 23.4. The SMILES string of the molecule is CCN1CCC2CCC(C1)N2C(=O)CNC(=O)c1ccc(F)c(F)c1. The standard InChI is InChI=1S/C18H23F2N3O2/c1-2-22-8-7-13-4-5-14(11-22)23(13)17(24)10-21-18(25)12-3-6-15(19)16(20)9-12/h3,6,9,13-14H,2,4-5,7-8,10-11H2,1H3,(H,21,25). The number of likely N-dealkylation sites (N-methyl/N-ethyl adjacent to an activating group) is 1. The summed E-state index contributed by atoms with van der Waals surface area (Å²) >= 11 is 0. The number of carbonyl (C=O) groups is 2. The maximum Gasteiger partial charge on any atom is 0.251 e. The van der Waals surface area contributed by atoms with Crippen molar-refractivity contribution in [2.45, 2.75) is 38.3 Å². The number of amides is 2. The van der Waals surface area contributed by atoms with Crippen molar-refractivity contribution in [3.63, 3.8) is 0 Å². The summed E-state index contributed by atoms with van der Waals surface area (Å²) in [6, 6.07) is 3.37. The van der Waals surface area contributed by atoms with Gasteiger partial charge < -0.3 is 15.1 Å². The van der Waals surface area contributed by atoms with Crippen molar-refractivity contribution in [2.24, 2.45) is 0 Å². The average Bonchev–Trinajstić information content (AvgIpc) is 2.89. The van der Waals surface area contributed by atoms with Crippen LogP contribution in [-0.4, -0.2) is 59.9 Å². The average molecular weight is 351 g/mol. The third-order valence-electron chi connectivity index (χ3n) is 5.18. The highest BCUT2D eigenvalue weighted by Gasteiger charge is 2.39. The Kier molecular flexibility index (Phi) is 5.32. The minimum Gasteiger partial charge on any atom is -0.343 e. The first-order valence-corrected chi connectivity index (χ1v) is 8.76. The first-order valence-electron chi connectivity index (χ1n) is 8.76. The van der Waals surface area contributed by atoms with Gasteiger partial charge in [-0.15, -0.1) is 0 Å². The number of carbonyl (C=O) groups excluding carboxylic acids is 2. The Labute approximate surface area is 146 Å². The van der Waals surface area contributed by atoms with Gasteiger partial charge in [-0.1, -0.05) is 6.92 Å². The molecular weight excluding hydrogens is 328 g/mol. The first kappa shape index (κ1) is 17.8. The summed E-state index contributed by atoms with van der Waals surface area (Å²) in [5, 5.41) is 2.52. The molecule has 1 N–H and O–H groups in total. The number of hydrogen-bond acceptors (Lipinski definition) is 3. The monoisotopic (exact) mass is 351 g/mol. The van der Waals surface area contributed by atoms with Gasteiger partial charge in [-0.05, 0) is 44.0 Å². The van der Waals surface area contributed by atoms with E-state index in [9.17, 15) is 18.4 Å². The number of nitrogens with zero attached hydrogens (tertiary/aromatic N) is 2. The van der Waals surface area contributed by atoms with Crippen LogP contribution in [0.25, 0.3) is 0 Å². The molecule has 0 spiro atoms. The van der Waals surface area contributed by atoms with Crippen LogP contribution in [0.15, 0.2) is 18.2 Å². The topological polar surface area (TPSA) is 52.6 Å². The molecule has 2 atom stereocenters. The third kappa shape index (κ3) is 3.81. The predicted molar refractivity (Wildman–Crippen MR) is 89.1 cm³/mol. The molecule has 25 heavy (non-hydrogen) atoms. The highest BCUT2D eigenvalue weighted by atomic mass is 19.2. The molecule has 5 nitrogen and oxygen atoms in total. The number of rotatable bonds is 4. The van der Waals surface area contributed by atoms with E-state index in [0.717, 1.165) is 51.0 Å². The summed E-state index contributed by atoms with van der Waals surface area (Å²) in [5.74, 6) is -2.77. The van der Waals surface area contributed by atoms with Crippen LogP contribution in [-0.2, 0) is 4.79 Å². The summed E-state index contributed by atoms with van der Waals surface area (Å²) in [6.07, 6.45) is 2.95. The van der Waals surface area contributed by atoms with Crippen LogP contribution in [0.1, 0.15) is 36.5 Å². The van der Waals surface area contributed by atoms with Crippen molar-refractivity contribution in [3.05, 3.63) is 35.4 Å². The fourth-order valence-electron chi connectivity index (χ4n) is 3.83. The maximum absolute atomic E-state index is 13.2. The van der Waals surface area contributed by atoms with Gasteiger partial charge in [0.25, 0.3) is 5.91 Å². The second-order valence-electron chi connectivity index (χ2n) is 6.68. The Morgan fingerprint density at radius 3 is 2.64 bits per heavy atom. The highest BCUT2D eigenvalue weighted by Crippen LogP contribution is 2.30. The number of fused-ring (bicyclic) bond motifs is 2. The van der Waals surface area contributed by atoms with Crippen molar-refractivity contribution < 1.29 is 18.4 Å². The van der Waals surface area contributed by atoms with E-state index in [1.165, 1.54) is 6.07 Å². The van der Waals surface area contributed by atoms with Crippen molar-refractivity contribution in [2.75, 3.05) is 26.2 Å². The van der Waals surface area contributed by atoms with Gasteiger partial charge in [0.15, 0.2) is 11.6 Å². The molecule has 2 unspecified atom stereocenters. The molecule has 0 radical (unpaired) electrons. The molecule has 1 aromatic carbocycles. The summed E-state index contributed by atoms with van der Waals surface area (Å²) in [5.41, 5.74) is 0.00250. The molecule has 2 fully saturated rings. The summed E-state index contributed by atoms with van der Waals surface area (Å²) < 4.78 is 26.2. The zero-order valence-corrected chi connectivity index (χ0v) is 14.3. The molecule has 2 saturated heterocycles. The second-order valence-corrected chi connectivity index (χ2v) is 6.68. The summed E-state index contributed by atoms with van der Waals surface area (Å²) in [7, 11) is 0. The molecule has 2 aliphatic heterocycles. The molecule has 0 aromatic heterocycles. The van der Waals surface area contributed by atoms with Gasteiger partial charge in [0.05, 0.1) is 6.54 Å². The molecule has 3 rings (SSSR count). The lowest BCUT2D eigenvalue weighted by Gasteiger charge is -2.29. The molecule has 7 heteroatoms. The Bertz CT molecular complexity index is 668. The molecule has 2 heterocycles. The largest absolute Gasteiger partial charge is 0.343 e. The molecule has 2 amide bonds. The van der Waals surface area contributed by atoms with Gasteiger partial charge in [-0.3, -0.25) is 9.59 Å². The minimum absolute atomic E-state index is 0.00250. The molecule has 1 aromatic rings. The summed E-state index contributed by atoms with van der Waals surface area (Å²) in [6.45, 7) is 4.82. The van der Waals surface area contributed by atoms with Crippen LogP contribution < -0.4 is 5.32 Å². The molecule has 2 aliphatic rings. The smallest absolute Gasteiger partial charge is 0.251 e. The molecule has 0 saturated carbocycles. The van der Waals surface area contributed by atoms with Gasteiger partial charge in [0.1, 0.15) is 0 Å². The fourth-order valence-corrected chi connectivity index (χ4v) is 3.83. The Morgan fingerprint density at radius 2 is 1.92 bits per heavy atom. The number of nitrogens with one attached hydrogen (secondary N) is 1. The van der Waals surface area contributed by atoms with Crippen molar-refractivity contribution in [1.29, 1.82) is 0 Å². The van der Waals surface area contributed by atoms with Gasteiger partial charge in [0.2, 0.25) is 5.91 Å². The van der Waals surface area contributed by atoms with Crippen LogP contribution in [0.3, 0.4) is 0 Å². The van der Waals surface area contributed by atoms with E-state index in [0.29, 0.717) is 0 Å². The maximum atomic E-state index is 13.2. The van der Waals surface area contributed by atoms with Crippen molar-refractivity contribution in [1.82, 2.24) is 15.1 Å². The van der Waals surface area contributed by atoms with Crippen LogP contribution >= 0.6 is 0 Å². The van der Waals surface area contributed by atoms with Crippen LogP contribution in [0.4, 0.5) is 8.78 Å². The Hall–Kier alpha value is -2.02. The zero-order valence-electron chi connectivity index (χ0n) is 14.3. The van der Waals surface area contributed by atoms with Gasteiger partial charge >= 0.3 is 0 Å². The number of benzene rings is 1. The zero-order chi connectivity index (χ0) is 18.0.